The number of aromatic amines is 2. The fourth-order valence-corrected chi connectivity index (χ4v) is 5.30. The van der Waals surface area contributed by atoms with Crippen molar-refractivity contribution in [3.05, 3.63) is 82.5 Å². The first-order valence-corrected chi connectivity index (χ1v) is 12.5. The van der Waals surface area contributed by atoms with Crippen molar-refractivity contribution < 1.29 is 19.3 Å². The highest BCUT2D eigenvalue weighted by Gasteiger charge is 2.48. The minimum Gasteiger partial charge on any atom is -0.456 e. The van der Waals surface area contributed by atoms with Crippen LogP contribution in [0.3, 0.4) is 0 Å². The molecule has 10 nitrogen and oxygen atoms in total. The van der Waals surface area contributed by atoms with Crippen molar-refractivity contribution >= 4 is 22.6 Å². The number of ether oxygens (including phenoxy) is 3. The predicted octanol–water partition coefficient (Wildman–Crippen LogP) is 3.33. The average Bonchev–Trinajstić information content (AvgIpc) is 3.71. The van der Waals surface area contributed by atoms with E-state index in [2.05, 4.69) is 20.1 Å². The van der Waals surface area contributed by atoms with Gasteiger partial charge in [0, 0.05) is 5.56 Å². The molecule has 2 fully saturated rings. The van der Waals surface area contributed by atoms with Gasteiger partial charge >= 0.3 is 5.69 Å². The third-order valence-electron chi connectivity index (χ3n) is 6.98. The number of aliphatic hydroxyl groups is 1. The van der Waals surface area contributed by atoms with E-state index in [0.717, 1.165) is 39.0 Å². The van der Waals surface area contributed by atoms with Crippen LogP contribution in [-0.4, -0.2) is 67.5 Å². The van der Waals surface area contributed by atoms with Crippen molar-refractivity contribution in [1.29, 1.82) is 0 Å². The largest absolute Gasteiger partial charge is 0.456 e. The van der Waals surface area contributed by atoms with Gasteiger partial charge in [0.2, 0.25) is 0 Å². The van der Waals surface area contributed by atoms with Gasteiger partial charge in [-0.1, -0.05) is 48.0 Å². The SMILES string of the molecule is O=c1ncn(-c2ccc(-c3ccc(-c4cc5nc(OC6COC7C(O)COC67)[nH]c5cc4Cl)cc3)cc2)[nH]1. The summed E-state index contributed by atoms with van der Waals surface area (Å²) < 4.78 is 18.9. The molecule has 4 atom stereocenters. The molecule has 2 saturated heterocycles. The molecule has 3 N–H and O–H groups in total. The Hall–Kier alpha value is -3.96. The van der Waals surface area contributed by atoms with Gasteiger partial charge in [-0.3, -0.25) is 0 Å². The summed E-state index contributed by atoms with van der Waals surface area (Å²) in [6.45, 7) is 0.569. The molecule has 0 radical (unpaired) electrons. The van der Waals surface area contributed by atoms with E-state index in [1.54, 1.807) is 4.68 Å². The maximum Gasteiger partial charge on any atom is 0.361 e. The Morgan fingerprint density at radius 1 is 0.974 bits per heavy atom. The number of fused-ring (bicyclic) bond motifs is 2. The number of hydrogen-bond acceptors (Lipinski definition) is 7. The molecular formula is C27H22ClN5O5. The van der Waals surface area contributed by atoms with Crippen LogP contribution in [0.25, 0.3) is 39.0 Å². The highest BCUT2D eigenvalue weighted by Crippen LogP contribution is 2.35. The van der Waals surface area contributed by atoms with Crippen LogP contribution in [-0.2, 0) is 9.47 Å². The van der Waals surface area contributed by atoms with Crippen molar-refractivity contribution in [3.63, 3.8) is 0 Å². The molecule has 192 valence electrons. The first-order chi connectivity index (χ1) is 18.5. The Bertz CT molecular complexity index is 1680. The van der Waals surface area contributed by atoms with Gasteiger partial charge in [0.1, 0.15) is 24.6 Å². The third-order valence-corrected chi connectivity index (χ3v) is 7.29. The molecule has 4 heterocycles. The summed E-state index contributed by atoms with van der Waals surface area (Å²) in [5.74, 6) is 0. The number of hydrogen-bond donors (Lipinski definition) is 3. The number of aliphatic hydroxyl groups excluding tert-OH is 1. The lowest BCUT2D eigenvalue weighted by molar-refractivity contribution is 0.00706. The average molecular weight is 532 g/mol. The van der Waals surface area contributed by atoms with Gasteiger partial charge in [0.05, 0.1) is 35.0 Å². The van der Waals surface area contributed by atoms with E-state index >= 15 is 0 Å². The van der Waals surface area contributed by atoms with E-state index in [1.807, 2.05) is 60.7 Å². The molecule has 5 aromatic rings. The summed E-state index contributed by atoms with van der Waals surface area (Å²) in [6.07, 6.45) is -0.216. The van der Waals surface area contributed by atoms with Crippen LogP contribution in [0.1, 0.15) is 0 Å². The third kappa shape index (κ3) is 4.07. The second-order valence-electron chi connectivity index (χ2n) is 9.37. The molecule has 4 unspecified atom stereocenters. The van der Waals surface area contributed by atoms with Crippen LogP contribution in [0, 0.1) is 0 Å². The van der Waals surface area contributed by atoms with Gasteiger partial charge < -0.3 is 24.3 Å². The highest BCUT2D eigenvalue weighted by atomic mass is 35.5. The van der Waals surface area contributed by atoms with Crippen LogP contribution in [0.15, 0.2) is 71.8 Å². The zero-order valence-corrected chi connectivity index (χ0v) is 20.6. The molecule has 0 bridgehead atoms. The predicted molar refractivity (Wildman–Crippen MR) is 140 cm³/mol. The van der Waals surface area contributed by atoms with Crippen molar-refractivity contribution in [2.75, 3.05) is 13.2 Å². The fraction of sp³-hybridized carbons (Fsp3) is 0.222. The number of H-pyrrole nitrogens is 2. The summed E-state index contributed by atoms with van der Waals surface area (Å²) in [4.78, 5) is 22.7. The van der Waals surface area contributed by atoms with Crippen LogP contribution in [0.5, 0.6) is 6.01 Å². The van der Waals surface area contributed by atoms with E-state index in [9.17, 15) is 9.90 Å². The Kier molecular flexibility index (Phi) is 5.55. The molecule has 2 aliphatic rings. The number of aromatic nitrogens is 5. The molecule has 3 aromatic carbocycles. The molecule has 38 heavy (non-hydrogen) atoms. The lowest BCUT2D eigenvalue weighted by Crippen LogP contribution is -2.34. The van der Waals surface area contributed by atoms with Crippen LogP contribution >= 0.6 is 11.6 Å². The van der Waals surface area contributed by atoms with Gasteiger partial charge in [-0.25, -0.2) is 14.6 Å². The van der Waals surface area contributed by atoms with Gasteiger partial charge in [-0.05, 0) is 41.0 Å². The second-order valence-corrected chi connectivity index (χ2v) is 9.77. The Morgan fingerprint density at radius 2 is 1.68 bits per heavy atom. The van der Waals surface area contributed by atoms with Gasteiger partial charge in [0.25, 0.3) is 6.01 Å². The minimum atomic E-state index is -0.634. The Morgan fingerprint density at radius 3 is 2.42 bits per heavy atom. The number of nitrogens with zero attached hydrogens (tertiary/aromatic N) is 3. The summed E-state index contributed by atoms with van der Waals surface area (Å²) in [7, 11) is 0. The lowest BCUT2D eigenvalue weighted by Gasteiger charge is -2.15. The first-order valence-electron chi connectivity index (χ1n) is 12.1. The Labute approximate surface area is 220 Å². The fourth-order valence-electron chi connectivity index (χ4n) is 5.03. The standard InChI is InChI=1S/C27H22ClN5O5/c28-19-10-21-20(30-27(31-21)38-23-12-37-24-22(34)11-36-25(23)24)9-18(19)16-3-1-14(2-4-16)15-5-7-17(8-6-15)33-13-29-26(35)32-33/h1-10,13,22-25,34H,11-12H2,(H,30,31)(H,32,35). The number of nitrogens with one attached hydrogen (secondary N) is 2. The van der Waals surface area contributed by atoms with Crippen molar-refractivity contribution in [3.8, 4) is 34.0 Å². The van der Waals surface area contributed by atoms with E-state index in [-0.39, 0.29) is 30.6 Å². The molecule has 0 saturated carbocycles. The second kappa shape index (κ2) is 9.10. The molecule has 0 spiro atoms. The maximum atomic E-state index is 11.3. The molecular weight excluding hydrogens is 510 g/mol. The zero-order chi connectivity index (χ0) is 25.8. The molecule has 7 rings (SSSR count). The molecule has 11 heteroatoms. The number of halogens is 1. The minimum absolute atomic E-state index is 0.242. The quantitative estimate of drug-likeness (QED) is 0.317. The van der Waals surface area contributed by atoms with E-state index in [0.29, 0.717) is 17.6 Å². The maximum absolute atomic E-state index is 11.3. The van der Waals surface area contributed by atoms with E-state index in [1.165, 1.54) is 6.33 Å². The first kappa shape index (κ1) is 23.2. The normalized spacial score (nSPS) is 22.7. The summed E-state index contributed by atoms with van der Waals surface area (Å²) in [5.41, 5.74) is 5.80. The number of imidazole rings is 1. The summed E-state index contributed by atoms with van der Waals surface area (Å²) >= 11 is 6.65. The van der Waals surface area contributed by atoms with Gasteiger partial charge in [0.15, 0.2) is 6.10 Å². The number of benzene rings is 3. The van der Waals surface area contributed by atoms with Gasteiger partial charge in [-0.15, -0.1) is 0 Å². The monoisotopic (exact) mass is 531 g/mol. The topological polar surface area (TPSA) is 127 Å². The van der Waals surface area contributed by atoms with Gasteiger partial charge in [-0.2, -0.15) is 9.97 Å². The molecule has 2 aliphatic heterocycles. The zero-order valence-electron chi connectivity index (χ0n) is 19.9. The summed E-state index contributed by atoms with van der Waals surface area (Å²) in [6, 6.07) is 20.0. The molecule has 0 aliphatic carbocycles. The van der Waals surface area contributed by atoms with Crippen LogP contribution in [0.2, 0.25) is 5.02 Å². The van der Waals surface area contributed by atoms with E-state index in [4.69, 9.17) is 25.8 Å². The highest BCUT2D eigenvalue weighted by molar-refractivity contribution is 6.34. The Balaban J connectivity index is 1.11. The van der Waals surface area contributed by atoms with Crippen LogP contribution in [0.4, 0.5) is 0 Å². The van der Waals surface area contributed by atoms with Crippen molar-refractivity contribution in [2.45, 2.75) is 24.4 Å². The summed E-state index contributed by atoms with van der Waals surface area (Å²) in [5, 5.41) is 13.2. The lowest BCUT2D eigenvalue weighted by atomic mass is 10.00. The smallest absolute Gasteiger partial charge is 0.361 e. The number of rotatable bonds is 5. The van der Waals surface area contributed by atoms with Crippen molar-refractivity contribution in [1.82, 2.24) is 24.7 Å². The van der Waals surface area contributed by atoms with Crippen molar-refractivity contribution in [2.24, 2.45) is 0 Å². The van der Waals surface area contributed by atoms with Crippen LogP contribution < -0.4 is 10.4 Å². The molecule has 2 aromatic heterocycles. The van der Waals surface area contributed by atoms with E-state index < -0.39 is 6.10 Å². The molecule has 0 amide bonds.